The second-order valence-corrected chi connectivity index (χ2v) is 9.43. The Kier molecular flexibility index (Phi) is 6.86. The molecule has 13 heteroatoms. The molecule has 1 amide bonds. The molecule has 1 aliphatic rings. The first-order valence-electron chi connectivity index (χ1n) is 9.64. The highest BCUT2D eigenvalue weighted by atomic mass is 32.2. The third-order valence-corrected chi connectivity index (χ3v) is 6.27. The SMILES string of the molecule is CCON=C1CCN(C(=O)Cc2ccc(-c3noc(C(F)(F)F)n3)cc2)CC1S(C)(=O)=O. The maximum Gasteiger partial charge on any atom is 0.471 e. The molecule has 0 aliphatic carbocycles. The predicted molar refractivity (Wildman–Crippen MR) is 107 cm³/mol. The van der Waals surface area contributed by atoms with Crippen LogP contribution in [0.15, 0.2) is 33.9 Å². The highest BCUT2D eigenvalue weighted by Crippen LogP contribution is 2.29. The van der Waals surface area contributed by atoms with Gasteiger partial charge in [0.2, 0.25) is 11.7 Å². The second kappa shape index (κ2) is 9.27. The fraction of sp³-hybridized carbons (Fsp3) is 0.474. The Bertz CT molecular complexity index is 1100. The number of alkyl halides is 3. The van der Waals surface area contributed by atoms with E-state index in [4.69, 9.17) is 4.84 Å². The van der Waals surface area contributed by atoms with Crippen LogP contribution in [0.3, 0.4) is 0 Å². The van der Waals surface area contributed by atoms with Gasteiger partial charge in [0.05, 0.1) is 12.1 Å². The molecule has 1 aromatic carbocycles. The molecule has 2 heterocycles. The summed E-state index contributed by atoms with van der Waals surface area (Å²) in [5.74, 6) is -1.94. The van der Waals surface area contributed by atoms with Crippen LogP contribution in [-0.2, 0) is 32.1 Å². The molecule has 1 saturated heterocycles. The summed E-state index contributed by atoms with van der Waals surface area (Å²) in [6, 6.07) is 6.10. The molecule has 0 spiro atoms. The molecule has 1 unspecified atom stereocenters. The van der Waals surface area contributed by atoms with Crippen molar-refractivity contribution in [1.82, 2.24) is 15.0 Å². The summed E-state index contributed by atoms with van der Waals surface area (Å²) in [6.45, 7) is 2.32. The molecule has 9 nitrogen and oxygen atoms in total. The zero-order valence-corrected chi connectivity index (χ0v) is 18.1. The van der Waals surface area contributed by atoms with Crippen molar-refractivity contribution in [2.24, 2.45) is 5.16 Å². The highest BCUT2D eigenvalue weighted by Gasteiger charge is 2.38. The predicted octanol–water partition coefficient (Wildman–Crippen LogP) is 2.34. The van der Waals surface area contributed by atoms with Crippen molar-refractivity contribution < 1.29 is 35.7 Å². The van der Waals surface area contributed by atoms with E-state index in [1.807, 2.05) is 0 Å². The number of carbonyl (C=O) groups excluding carboxylic acids is 1. The smallest absolute Gasteiger partial charge is 0.396 e. The summed E-state index contributed by atoms with van der Waals surface area (Å²) in [6.07, 6.45) is -3.37. The molecule has 32 heavy (non-hydrogen) atoms. The molecule has 1 aliphatic heterocycles. The van der Waals surface area contributed by atoms with Gasteiger partial charge in [0, 0.05) is 31.3 Å². The summed E-state index contributed by atoms with van der Waals surface area (Å²) in [7, 11) is -3.50. The van der Waals surface area contributed by atoms with E-state index < -0.39 is 27.2 Å². The number of aromatic nitrogens is 2. The van der Waals surface area contributed by atoms with Crippen molar-refractivity contribution in [1.29, 1.82) is 0 Å². The Morgan fingerprint density at radius 1 is 1.31 bits per heavy atom. The average molecular weight is 474 g/mol. The molecule has 0 saturated carbocycles. The fourth-order valence-electron chi connectivity index (χ4n) is 3.18. The molecule has 0 bridgehead atoms. The lowest BCUT2D eigenvalue weighted by Crippen LogP contribution is -2.50. The van der Waals surface area contributed by atoms with Crippen molar-refractivity contribution in [2.75, 3.05) is 26.0 Å². The van der Waals surface area contributed by atoms with Crippen molar-refractivity contribution in [3.05, 3.63) is 35.7 Å². The quantitative estimate of drug-likeness (QED) is 0.590. The van der Waals surface area contributed by atoms with Gasteiger partial charge in [-0.25, -0.2) is 8.42 Å². The van der Waals surface area contributed by atoms with E-state index in [-0.39, 0.29) is 31.1 Å². The van der Waals surface area contributed by atoms with Gasteiger partial charge in [-0.3, -0.25) is 4.79 Å². The van der Waals surface area contributed by atoms with E-state index >= 15 is 0 Å². The van der Waals surface area contributed by atoms with Crippen LogP contribution in [0.5, 0.6) is 0 Å². The van der Waals surface area contributed by atoms with Gasteiger partial charge in [-0.1, -0.05) is 34.6 Å². The maximum absolute atomic E-state index is 12.7. The monoisotopic (exact) mass is 474 g/mol. The molecule has 0 radical (unpaired) electrons. The highest BCUT2D eigenvalue weighted by molar-refractivity contribution is 7.92. The van der Waals surface area contributed by atoms with Crippen molar-refractivity contribution in [3.8, 4) is 11.4 Å². The number of rotatable bonds is 6. The molecular weight excluding hydrogens is 453 g/mol. The van der Waals surface area contributed by atoms with Crippen LogP contribution in [0.4, 0.5) is 13.2 Å². The lowest BCUT2D eigenvalue weighted by Gasteiger charge is -2.32. The van der Waals surface area contributed by atoms with Crippen LogP contribution < -0.4 is 0 Å². The van der Waals surface area contributed by atoms with Crippen LogP contribution >= 0.6 is 0 Å². The van der Waals surface area contributed by atoms with Crippen LogP contribution in [0.25, 0.3) is 11.4 Å². The summed E-state index contributed by atoms with van der Waals surface area (Å²) in [5.41, 5.74) is 1.29. The number of hydrogen-bond acceptors (Lipinski definition) is 8. The summed E-state index contributed by atoms with van der Waals surface area (Å²) in [4.78, 5) is 22.5. The Morgan fingerprint density at radius 2 is 2.00 bits per heavy atom. The Balaban J connectivity index is 1.67. The number of halogens is 3. The number of sulfone groups is 1. The fourth-order valence-corrected chi connectivity index (χ4v) is 4.29. The number of carbonyl (C=O) groups is 1. The number of benzene rings is 1. The molecule has 3 rings (SSSR count). The summed E-state index contributed by atoms with van der Waals surface area (Å²) >= 11 is 0. The van der Waals surface area contributed by atoms with Gasteiger partial charge in [-0.15, -0.1) is 0 Å². The minimum absolute atomic E-state index is 0.00522. The van der Waals surface area contributed by atoms with E-state index in [0.717, 1.165) is 6.26 Å². The molecule has 174 valence electrons. The van der Waals surface area contributed by atoms with Gasteiger partial charge in [0.1, 0.15) is 11.9 Å². The van der Waals surface area contributed by atoms with E-state index in [2.05, 4.69) is 19.8 Å². The minimum atomic E-state index is -4.73. The second-order valence-electron chi connectivity index (χ2n) is 7.20. The number of oxime groups is 1. The first-order valence-corrected chi connectivity index (χ1v) is 11.6. The number of piperidine rings is 1. The first kappa shape index (κ1) is 23.7. The van der Waals surface area contributed by atoms with Gasteiger partial charge in [-0.2, -0.15) is 18.2 Å². The first-order chi connectivity index (χ1) is 15.0. The number of nitrogens with zero attached hydrogens (tertiary/aromatic N) is 4. The van der Waals surface area contributed by atoms with E-state index in [0.29, 0.717) is 30.0 Å². The normalized spacial score (nSPS) is 18.7. The zero-order chi connectivity index (χ0) is 23.5. The Labute approximate surface area is 182 Å². The van der Waals surface area contributed by atoms with Crippen molar-refractivity contribution in [3.63, 3.8) is 0 Å². The molecule has 2 aromatic rings. The number of amides is 1. The third kappa shape index (κ3) is 5.64. The average Bonchev–Trinajstić information content (AvgIpc) is 3.23. The van der Waals surface area contributed by atoms with Gasteiger partial charge in [0.25, 0.3) is 0 Å². The molecular formula is C19H21F3N4O5S. The molecule has 0 N–H and O–H groups in total. The van der Waals surface area contributed by atoms with Gasteiger partial charge < -0.3 is 14.3 Å². The van der Waals surface area contributed by atoms with Crippen LogP contribution in [-0.4, -0.2) is 66.3 Å². The largest absolute Gasteiger partial charge is 0.471 e. The minimum Gasteiger partial charge on any atom is -0.396 e. The zero-order valence-electron chi connectivity index (χ0n) is 17.3. The standard InChI is InChI=1S/C19H21F3N4O5S/c1-3-30-24-14-8-9-26(11-15(14)32(2,28)29)16(27)10-12-4-6-13(7-5-12)17-23-18(31-25-17)19(20,21)22/h4-7,15H,3,8-11H2,1-2H3. The lowest BCUT2D eigenvalue weighted by molar-refractivity contribution is -0.159. The van der Waals surface area contributed by atoms with Crippen LogP contribution in [0, 0.1) is 0 Å². The van der Waals surface area contributed by atoms with E-state index in [1.54, 1.807) is 19.1 Å². The molecule has 1 aromatic heterocycles. The number of hydrogen-bond donors (Lipinski definition) is 0. The Morgan fingerprint density at radius 3 is 2.56 bits per heavy atom. The summed E-state index contributed by atoms with van der Waals surface area (Å²) in [5, 5.41) is 6.27. The Hall–Kier alpha value is -2.96. The summed E-state index contributed by atoms with van der Waals surface area (Å²) < 4.78 is 66.3. The van der Waals surface area contributed by atoms with Crippen LogP contribution in [0.2, 0.25) is 0 Å². The van der Waals surface area contributed by atoms with Gasteiger partial charge in [0.15, 0.2) is 9.84 Å². The van der Waals surface area contributed by atoms with E-state index in [1.165, 1.54) is 17.0 Å². The lowest BCUT2D eigenvalue weighted by atomic mass is 10.1. The molecule has 1 fully saturated rings. The van der Waals surface area contributed by atoms with Crippen molar-refractivity contribution in [2.45, 2.75) is 31.2 Å². The van der Waals surface area contributed by atoms with Crippen molar-refractivity contribution >= 4 is 21.5 Å². The molecule has 1 atom stereocenters. The van der Waals surface area contributed by atoms with Gasteiger partial charge >= 0.3 is 12.1 Å². The van der Waals surface area contributed by atoms with Gasteiger partial charge in [-0.05, 0) is 12.5 Å². The van der Waals surface area contributed by atoms with Crippen LogP contribution in [0.1, 0.15) is 24.8 Å². The maximum atomic E-state index is 12.7. The topological polar surface area (TPSA) is 115 Å². The third-order valence-electron chi connectivity index (χ3n) is 4.81. The number of likely N-dealkylation sites (tertiary alicyclic amines) is 1. The van der Waals surface area contributed by atoms with E-state index in [9.17, 15) is 26.4 Å².